The molecule has 0 spiro atoms. The Morgan fingerprint density at radius 2 is 1.80 bits per heavy atom. The van der Waals surface area contributed by atoms with Gasteiger partial charge in [0.25, 0.3) is 0 Å². The normalized spacial score (nSPS) is 15.6. The van der Waals surface area contributed by atoms with Crippen LogP contribution in [0.3, 0.4) is 0 Å². The molecule has 112 valence electrons. The first-order valence-corrected chi connectivity index (χ1v) is 8.38. The maximum absolute atomic E-state index is 13.2. The summed E-state index contributed by atoms with van der Waals surface area (Å²) in [5, 5.41) is 3.33. The molecular weight excluding hydrogens is 279 g/mol. The van der Waals surface area contributed by atoms with E-state index in [4.69, 9.17) is 0 Å². The zero-order valence-electron chi connectivity index (χ0n) is 11.9. The molecule has 0 aliphatic heterocycles. The second-order valence-corrected chi connectivity index (χ2v) is 7.05. The summed E-state index contributed by atoms with van der Waals surface area (Å²) in [6.45, 7) is 4.42. The molecule has 0 unspecified atom stereocenters. The van der Waals surface area contributed by atoms with Gasteiger partial charge in [-0.25, -0.2) is 17.5 Å². The van der Waals surface area contributed by atoms with E-state index in [1.807, 2.05) is 0 Å². The topological polar surface area (TPSA) is 58.2 Å². The number of hydrogen-bond donors (Lipinski definition) is 2. The highest BCUT2D eigenvalue weighted by atomic mass is 32.2. The summed E-state index contributed by atoms with van der Waals surface area (Å²) >= 11 is 0. The van der Waals surface area contributed by atoms with Crippen LogP contribution < -0.4 is 10.0 Å². The molecule has 0 amide bonds. The molecule has 1 saturated carbocycles. The van der Waals surface area contributed by atoms with Gasteiger partial charge in [-0.1, -0.05) is 0 Å². The fraction of sp³-hybridized carbons (Fsp3) is 0.571. The Morgan fingerprint density at radius 1 is 1.20 bits per heavy atom. The highest BCUT2D eigenvalue weighted by Crippen LogP contribution is 2.21. The SMILES string of the molecule is Cc1cc(F)cc(C)c1S(=O)(=O)NCCCNC1CC1. The Bertz CT molecular complexity index is 560. The number of benzene rings is 1. The lowest BCUT2D eigenvalue weighted by Gasteiger charge is -2.12. The molecule has 2 rings (SSSR count). The fourth-order valence-corrected chi connectivity index (χ4v) is 3.81. The first kappa shape index (κ1) is 15.4. The van der Waals surface area contributed by atoms with E-state index in [9.17, 15) is 12.8 Å². The second-order valence-electron chi connectivity index (χ2n) is 5.35. The lowest BCUT2D eigenvalue weighted by Crippen LogP contribution is -2.29. The summed E-state index contributed by atoms with van der Waals surface area (Å²) in [6.07, 6.45) is 3.19. The highest BCUT2D eigenvalue weighted by molar-refractivity contribution is 7.89. The molecule has 1 aromatic carbocycles. The zero-order valence-corrected chi connectivity index (χ0v) is 12.7. The van der Waals surface area contributed by atoms with E-state index >= 15 is 0 Å². The van der Waals surface area contributed by atoms with E-state index in [0.717, 1.165) is 13.0 Å². The van der Waals surface area contributed by atoms with Crippen LogP contribution >= 0.6 is 0 Å². The summed E-state index contributed by atoms with van der Waals surface area (Å²) in [4.78, 5) is 0.189. The lowest BCUT2D eigenvalue weighted by atomic mass is 10.1. The third kappa shape index (κ3) is 4.01. The van der Waals surface area contributed by atoms with Crippen LogP contribution in [-0.2, 0) is 10.0 Å². The Hall–Kier alpha value is -0.980. The Kier molecular flexibility index (Phi) is 4.78. The predicted octanol–water partition coefficient (Wildman–Crippen LogP) is 1.86. The van der Waals surface area contributed by atoms with Crippen LogP contribution in [0.4, 0.5) is 4.39 Å². The fourth-order valence-electron chi connectivity index (χ4n) is 2.28. The van der Waals surface area contributed by atoms with Crippen LogP contribution in [0.2, 0.25) is 0 Å². The minimum Gasteiger partial charge on any atom is -0.314 e. The van der Waals surface area contributed by atoms with Crippen molar-refractivity contribution < 1.29 is 12.8 Å². The zero-order chi connectivity index (χ0) is 14.8. The Balaban J connectivity index is 1.95. The Labute approximate surface area is 119 Å². The molecule has 0 heterocycles. The smallest absolute Gasteiger partial charge is 0.241 e. The standard InChI is InChI=1S/C14H21FN2O2S/c1-10-8-12(15)9-11(2)14(10)20(18,19)17-7-3-6-16-13-4-5-13/h8-9,13,16-17H,3-7H2,1-2H3. The van der Waals surface area contributed by atoms with Crippen molar-refractivity contribution in [3.05, 3.63) is 29.1 Å². The predicted molar refractivity (Wildman–Crippen MR) is 76.7 cm³/mol. The van der Waals surface area contributed by atoms with Crippen molar-refractivity contribution >= 4 is 10.0 Å². The van der Waals surface area contributed by atoms with Crippen molar-refractivity contribution in [1.29, 1.82) is 0 Å². The van der Waals surface area contributed by atoms with E-state index in [2.05, 4.69) is 10.0 Å². The molecule has 1 aliphatic rings. The summed E-state index contributed by atoms with van der Waals surface area (Å²) in [7, 11) is -3.57. The van der Waals surface area contributed by atoms with Gasteiger partial charge in [0.1, 0.15) is 5.82 Å². The van der Waals surface area contributed by atoms with Crippen LogP contribution in [0, 0.1) is 19.7 Å². The van der Waals surface area contributed by atoms with E-state index in [1.54, 1.807) is 13.8 Å². The van der Waals surface area contributed by atoms with Gasteiger partial charge in [-0.15, -0.1) is 0 Å². The number of rotatable bonds is 7. The van der Waals surface area contributed by atoms with E-state index in [1.165, 1.54) is 25.0 Å². The second kappa shape index (κ2) is 6.20. The van der Waals surface area contributed by atoms with Crippen molar-refractivity contribution in [2.24, 2.45) is 0 Å². The minimum absolute atomic E-state index is 0.189. The van der Waals surface area contributed by atoms with Gasteiger partial charge in [0.05, 0.1) is 4.90 Å². The van der Waals surface area contributed by atoms with Crippen molar-refractivity contribution in [1.82, 2.24) is 10.0 Å². The van der Waals surface area contributed by atoms with Crippen molar-refractivity contribution in [3.63, 3.8) is 0 Å². The van der Waals surface area contributed by atoms with E-state index < -0.39 is 15.8 Å². The third-order valence-corrected chi connectivity index (χ3v) is 5.12. The van der Waals surface area contributed by atoms with Gasteiger partial charge < -0.3 is 5.32 Å². The molecule has 0 saturated heterocycles. The summed E-state index contributed by atoms with van der Waals surface area (Å²) < 4.78 is 40.3. The maximum atomic E-state index is 13.2. The lowest BCUT2D eigenvalue weighted by molar-refractivity contribution is 0.571. The van der Waals surface area contributed by atoms with Gasteiger partial charge in [-0.2, -0.15) is 0 Å². The molecule has 0 radical (unpaired) electrons. The first-order chi connectivity index (χ1) is 9.40. The summed E-state index contributed by atoms with van der Waals surface area (Å²) in [5.41, 5.74) is 0.872. The minimum atomic E-state index is -3.57. The van der Waals surface area contributed by atoms with Gasteiger partial charge in [0.2, 0.25) is 10.0 Å². The number of hydrogen-bond acceptors (Lipinski definition) is 3. The van der Waals surface area contributed by atoms with E-state index in [-0.39, 0.29) is 4.90 Å². The van der Waals surface area contributed by atoms with Crippen LogP contribution in [-0.4, -0.2) is 27.5 Å². The molecule has 20 heavy (non-hydrogen) atoms. The molecule has 2 N–H and O–H groups in total. The largest absolute Gasteiger partial charge is 0.314 e. The van der Waals surface area contributed by atoms with Gasteiger partial charge in [-0.05, 0) is 62.9 Å². The molecule has 1 aromatic rings. The van der Waals surface area contributed by atoms with Crippen LogP contribution in [0.25, 0.3) is 0 Å². The molecule has 0 atom stereocenters. The maximum Gasteiger partial charge on any atom is 0.241 e. The quantitative estimate of drug-likeness (QED) is 0.756. The molecule has 1 aliphatic carbocycles. The average Bonchev–Trinajstić information content (AvgIpc) is 3.10. The highest BCUT2D eigenvalue weighted by Gasteiger charge is 2.21. The van der Waals surface area contributed by atoms with Gasteiger partial charge in [0.15, 0.2) is 0 Å². The molecule has 0 bridgehead atoms. The Morgan fingerprint density at radius 3 is 2.35 bits per heavy atom. The van der Waals surface area contributed by atoms with Crippen LogP contribution in [0.5, 0.6) is 0 Å². The molecule has 0 aromatic heterocycles. The number of halogens is 1. The van der Waals surface area contributed by atoms with Crippen molar-refractivity contribution in [2.75, 3.05) is 13.1 Å². The first-order valence-electron chi connectivity index (χ1n) is 6.90. The number of nitrogens with one attached hydrogen (secondary N) is 2. The monoisotopic (exact) mass is 300 g/mol. The average molecular weight is 300 g/mol. The van der Waals surface area contributed by atoms with Crippen molar-refractivity contribution in [3.8, 4) is 0 Å². The van der Waals surface area contributed by atoms with Crippen molar-refractivity contribution in [2.45, 2.75) is 44.0 Å². The molecule has 4 nitrogen and oxygen atoms in total. The molecular formula is C14H21FN2O2S. The molecule has 6 heteroatoms. The van der Waals surface area contributed by atoms with Gasteiger partial charge in [0, 0.05) is 12.6 Å². The van der Waals surface area contributed by atoms with Gasteiger partial charge >= 0.3 is 0 Å². The molecule has 1 fully saturated rings. The number of sulfonamides is 1. The third-order valence-electron chi connectivity index (χ3n) is 3.35. The van der Waals surface area contributed by atoms with E-state index in [0.29, 0.717) is 23.7 Å². The summed E-state index contributed by atoms with van der Waals surface area (Å²) in [5.74, 6) is -0.410. The van der Waals surface area contributed by atoms with Gasteiger partial charge in [-0.3, -0.25) is 0 Å². The number of aryl methyl sites for hydroxylation is 2. The van der Waals surface area contributed by atoms with Crippen LogP contribution in [0.1, 0.15) is 30.4 Å². The van der Waals surface area contributed by atoms with Crippen LogP contribution in [0.15, 0.2) is 17.0 Å². The summed E-state index contributed by atoms with van der Waals surface area (Å²) in [6, 6.07) is 3.13.